The van der Waals surface area contributed by atoms with Gasteiger partial charge in [0.15, 0.2) is 11.5 Å². The molecule has 2 rings (SSSR count). The average Bonchev–Trinajstić information content (AvgIpc) is 3.25. The average molecular weight is 374 g/mol. The smallest absolute Gasteiger partial charge is 0.354 e. The summed E-state index contributed by atoms with van der Waals surface area (Å²) in [5.74, 6) is -0.854. The van der Waals surface area contributed by atoms with Crippen LogP contribution >= 0.6 is 0 Å². The van der Waals surface area contributed by atoms with Crippen LogP contribution in [0.4, 0.5) is 0 Å². The lowest BCUT2D eigenvalue weighted by atomic mass is 9.99. The molecule has 7 heteroatoms. The molecule has 2 aromatic heterocycles. The lowest BCUT2D eigenvalue weighted by molar-refractivity contribution is 0.0586. The normalized spacial score (nSPS) is 11.9. The van der Waals surface area contributed by atoms with Crippen molar-refractivity contribution in [2.75, 3.05) is 13.7 Å². The summed E-state index contributed by atoms with van der Waals surface area (Å²) in [4.78, 5) is 39.6. The molecule has 0 aromatic carbocycles. The van der Waals surface area contributed by atoms with E-state index in [1.165, 1.54) is 18.3 Å². The minimum atomic E-state index is -0.701. The molecule has 0 spiro atoms. The molecular formula is C20H26N2O5. The van der Waals surface area contributed by atoms with Crippen LogP contribution in [0.5, 0.6) is 0 Å². The van der Waals surface area contributed by atoms with E-state index in [0.29, 0.717) is 35.5 Å². The molecule has 0 radical (unpaired) electrons. The Morgan fingerprint density at radius 3 is 2.48 bits per heavy atom. The molecule has 1 atom stereocenters. The van der Waals surface area contributed by atoms with E-state index in [9.17, 15) is 14.4 Å². The first kappa shape index (κ1) is 20.5. The third-order valence-corrected chi connectivity index (χ3v) is 4.86. The zero-order valence-electron chi connectivity index (χ0n) is 16.7. The zero-order valence-corrected chi connectivity index (χ0v) is 16.7. The van der Waals surface area contributed by atoms with Crippen LogP contribution in [0, 0.1) is 13.8 Å². The second-order valence-corrected chi connectivity index (χ2v) is 6.50. The summed E-state index contributed by atoms with van der Waals surface area (Å²) in [6.07, 6.45) is 2.13. The van der Waals surface area contributed by atoms with Crippen molar-refractivity contribution in [3.8, 4) is 0 Å². The fraction of sp³-hybridized carbons (Fsp3) is 0.450. The standard InChI is InChI=1S/C20H26N2O5/c1-7-10-22(19(24)15-9-8-11-27-15)14(4)18(23)16-12(2)17(20(25)26-6)21(5)13(16)3/h8-9,11,14H,7,10H2,1-6H3. The summed E-state index contributed by atoms with van der Waals surface area (Å²) in [6.45, 7) is 7.55. The van der Waals surface area contributed by atoms with Gasteiger partial charge in [-0.3, -0.25) is 9.59 Å². The van der Waals surface area contributed by atoms with Crippen molar-refractivity contribution in [2.24, 2.45) is 7.05 Å². The fourth-order valence-corrected chi connectivity index (χ4v) is 3.33. The molecule has 146 valence electrons. The second kappa shape index (κ2) is 8.24. The van der Waals surface area contributed by atoms with Crippen LogP contribution in [0.2, 0.25) is 0 Å². The van der Waals surface area contributed by atoms with Crippen LogP contribution in [0.15, 0.2) is 22.8 Å². The third-order valence-electron chi connectivity index (χ3n) is 4.86. The van der Waals surface area contributed by atoms with Gasteiger partial charge in [0.1, 0.15) is 5.69 Å². The van der Waals surface area contributed by atoms with E-state index in [-0.39, 0.29) is 17.5 Å². The van der Waals surface area contributed by atoms with Crippen molar-refractivity contribution in [1.82, 2.24) is 9.47 Å². The Bertz CT molecular complexity index is 848. The topological polar surface area (TPSA) is 81.8 Å². The molecule has 2 heterocycles. The quantitative estimate of drug-likeness (QED) is 0.549. The summed E-state index contributed by atoms with van der Waals surface area (Å²) in [6, 6.07) is 2.52. The third kappa shape index (κ3) is 3.67. The van der Waals surface area contributed by atoms with Crippen LogP contribution in [0.3, 0.4) is 0 Å². The minimum Gasteiger partial charge on any atom is -0.464 e. The predicted octanol–water partition coefficient (Wildman–Crippen LogP) is 3.15. The van der Waals surface area contributed by atoms with Gasteiger partial charge in [-0.15, -0.1) is 0 Å². The Hall–Kier alpha value is -2.83. The maximum absolute atomic E-state index is 13.3. The Labute approximate surface area is 158 Å². The minimum absolute atomic E-state index is 0.194. The maximum atomic E-state index is 13.3. The van der Waals surface area contributed by atoms with E-state index >= 15 is 0 Å². The molecule has 0 aliphatic rings. The Balaban J connectivity index is 2.43. The number of aromatic nitrogens is 1. The van der Waals surface area contributed by atoms with Gasteiger partial charge < -0.3 is 18.6 Å². The summed E-state index contributed by atoms with van der Waals surface area (Å²) in [5.41, 5.74) is 2.00. The monoisotopic (exact) mass is 374 g/mol. The first-order valence-corrected chi connectivity index (χ1v) is 8.89. The van der Waals surface area contributed by atoms with Gasteiger partial charge in [-0.2, -0.15) is 0 Å². The highest BCUT2D eigenvalue weighted by Gasteiger charge is 2.33. The summed E-state index contributed by atoms with van der Waals surface area (Å²) in [7, 11) is 3.02. The number of carbonyl (C=O) groups excluding carboxylic acids is 3. The van der Waals surface area contributed by atoms with Crippen molar-refractivity contribution in [3.05, 3.63) is 46.7 Å². The number of amides is 1. The second-order valence-electron chi connectivity index (χ2n) is 6.50. The molecule has 1 unspecified atom stereocenters. The van der Waals surface area contributed by atoms with Gasteiger partial charge in [0.2, 0.25) is 0 Å². The maximum Gasteiger partial charge on any atom is 0.354 e. The van der Waals surface area contributed by atoms with Gasteiger partial charge in [0.25, 0.3) is 5.91 Å². The molecule has 0 aliphatic carbocycles. The van der Waals surface area contributed by atoms with Crippen LogP contribution in [-0.4, -0.2) is 46.8 Å². The largest absolute Gasteiger partial charge is 0.464 e. The molecule has 2 aromatic rings. The number of ketones is 1. The Morgan fingerprint density at radius 1 is 1.30 bits per heavy atom. The first-order valence-electron chi connectivity index (χ1n) is 8.89. The van der Waals surface area contributed by atoms with E-state index < -0.39 is 12.0 Å². The molecule has 1 amide bonds. The lowest BCUT2D eigenvalue weighted by Gasteiger charge is -2.27. The predicted molar refractivity (Wildman–Crippen MR) is 100 cm³/mol. The van der Waals surface area contributed by atoms with E-state index in [4.69, 9.17) is 9.15 Å². The number of hydrogen-bond acceptors (Lipinski definition) is 5. The van der Waals surface area contributed by atoms with Crippen molar-refractivity contribution in [2.45, 2.75) is 40.2 Å². The van der Waals surface area contributed by atoms with Gasteiger partial charge in [-0.1, -0.05) is 6.92 Å². The van der Waals surface area contributed by atoms with Crippen LogP contribution in [0.25, 0.3) is 0 Å². The number of furan rings is 1. The highest BCUT2D eigenvalue weighted by molar-refractivity contribution is 6.07. The summed E-state index contributed by atoms with van der Waals surface area (Å²) < 4.78 is 11.7. The molecule has 0 saturated heterocycles. The van der Waals surface area contributed by atoms with Crippen LogP contribution in [-0.2, 0) is 11.8 Å². The van der Waals surface area contributed by atoms with Crippen molar-refractivity contribution in [3.63, 3.8) is 0 Å². The van der Waals surface area contributed by atoms with Crippen LogP contribution < -0.4 is 0 Å². The zero-order chi connectivity index (χ0) is 20.3. The number of rotatable bonds is 7. The van der Waals surface area contributed by atoms with E-state index in [2.05, 4.69) is 0 Å². The number of Topliss-reactive ketones (excluding diaryl/α,β-unsaturated/α-hetero) is 1. The highest BCUT2D eigenvalue weighted by atomic mass is 16.5. The number of ether oxygens (including phenoxy) is 1. The van der Waals surface area contributed by atoms with Gasteiger partial charge in [-0.05, 0) is 44.9 Å². The SMILES string of the molecule is CCCN(C(=O)c1ccco1)C(C)C(=O)c1c(C)c(C(=O)OC)n(C)c1C. The summed E-state index contributed by atoms with van der Waals surface area (Å²) >= 11 is 0. The fourth-order valence-electron chi connectivity index (χ4n) is 3.33. The van der Waals surface area contributed by atoms with Crippen molar-refractivity contribution in [1.29, 1.82) is 0 Å². The molecule has 0 bridgehead atoms. The number of methoxy groups -OCH3 is 1. The number of nitrogens with zero attached hydrogens (tertiary/aromatic N) is 2. The first-order chi connectivity index (χ1) is 12.8. The van der Waals surface area contributed by atoms with E-state index in [0.717, 1.165) is 0 Å². The van der Waals surface area contributed by atoms with Crippen LogP contribution in [0.1, 0.15) is 62.9 Å². The number of esters is 1. The molecule has 0 aliphatic heterocycles. The molecule has 27 heavy (non-hydrogen) atoms. The summed E-state index contributed by atoms with van der Waals surface area (Å²) in [5, 5.41) is 0. The van der Waals surface area contributed by atoms with E-state index in [1.54, 1.807) is 44.5 Å². The van der Waals surface area contributed by atoms with Crippen molar-refractivity contribution >= 4 is 17.7 Å². The van der Waals surface area contributed by atoms with E-state index in [1.807, 2.05) is 6.92 Å². The Morgan fingerprint density at radius 2 is 1.96 bits per heavy atom. The van der Waals surface area contributed by atoms with Gasteiger partial charge >= 0.3 is 5.97 Å². The molecule has 7 nitrogen and oxygen atoms in total. The molecule has 0 N–H and O–H groups in total. The van der Waals surface area contributed by atoms with Crippen molar-refractivity contribution < 1.29 is 23.5 Å². The van der Waals surface area contributed by atoms with Gasteiger partial charge in [-0.25, -0.2) is 4.79 Å². The molecular weight excluding hydrogens is 348 g/mol. The Kier molecular flexibility index (Phi) is 6.25. The highest BCUT2D eigenvalue weighted by Crippen LogP contribution is 2.25. The molecule has 0 fully saturated rings. The number of carbonyl (C=O) groups is 3. The van der Waals surface area contributed by atoms with Gasteiger partial charge in [0, 0.05) is 24.8 Å². The van der Waals surface area contributed by atoms with Gasteiger partial charge in [0.05, 0.1) is 19.4 Å². The number of hydrogen-bond donors (Lipinski definition) is 0. The lowest BCUT2D eigenvalue weighted by Crippen LogP contribution is -2.44. The molecule has 0 saturated carbocycles.